The highest BCUT2D eigenvalue weighted by Crippen LogP contribution is 1.94. The molecular formula is C9H20N2O. The van der Waals surface area contributed by atoms with Crippen LogP contribution in [0.1, 0.15) is 39.5 Å². The van der Waals surface area contributed by atoms with Gasteiger partial charge in [0.2, 0.25) is 5.91 Å². The van der Waals surface area contributed by atoms with Crippen LogP contribution in [-0.2, 0) is 4.79 Å². The average molecular weight is 172 g/mol. The van der Waals surface area contributed by atoms with Crippen LogP contribution in [0.3, 0.4) is 0 Å². The largest absolute Gasteiger partial charge is 0.370 e. The second-order valence-electron chi connectivity index (χ2n) is 3.23. The summed E-state index contributed by atoms with van der Waals surface area (Å²) in [5, 5.41) is 3.25. The first-order valence-electron chi connectivity index (χ1n) is 4.68. The molecule has 0 bridgehead atoms. The summed E-state index contributed by atoms with van der Waals surface area (Å²) in [5.74, 6) is -0.231. The lowest BCUT2D eigenvalue weighted by molar-refractivity contribution is -0.118. The number of carbonyl (C=O) groups is 1. The number of hydrogen-bond acceptors (Lipinski definition) is 2. The van der Waals surface area contributed by atoms with Crippen LogP contribution in [-0.4, -0.2) is 18.5 Å². The SMILES string of the molecule is CCCCCNC(C)CC(N)=O. The maximum Gasteiger partial charge on any atom is 0.218 e. The fourth-order valence-electron chi connectivity index (χ4n) is 1.10. The van der Waals surface area contributed by atoms with Crippen molar-refractivity contribution in [1.82, 2.24) is 5.32 Å². The first-order valence-corrected chi connectivity index (χ1v) is 4.68. The van der Waals surface area contributed by atoms with E-state index in [0.717, 1.165) is 6.54 Å². The van der Waals surface area contributed by atoms with Gasteiger partial charge in [-0.1, -0.05) is 19.8 Å². The quantitative estimate of drug-likeness (QED) is 0.563. The van der Waals surface area contributed by atoms with Crippen LogP contribution in [0.2, 0.25) is 0 Å². The van der Waals surface area contributed by atoms with Gasteiger partial charge in [0, 0.05) is 12.5 Å². The zero-order chi connectivity index (χ0) is 9.40. The van der Waals surface area contributed by atoms with E-state index in [4.69, 9.17) is 5.73 Å². The molecule has 0 fully saturated rings. The summed E-state index contributed by atoms with van der Waals surface area (Å²) < 4.78 is 0. The lowest BCUT2D eigenvalue weighted by Crippen LogP contribution is -2.31. The van der Waals surface area contributed by atoms with Crippen molar-refractivity contribution in [3.63, 3.8) is 0 Å². The number of hydrogen-bond donors (Lipinski definition) is 2. The zero-order valence-corrected chi connectivity index (χ0v) is 8.10. The van der Waals surface area contributed by atoms with Crippen molar-refractivity contribution in [3.8, 4) is 0 Å². The van der Waals surface area contributed by atoms with Crippen molar-refractivity contribution < 1.29 is 4.79 Å². The second-order valence-corrected chi connectivity index (χ2v) is 3.23. The Balaban J connectivity index is 3.19. The molecular weight excluding hydrogens is 152 g/mol. The predicted molar refractivity (Wildman–Crippen MR) is 50.8 cm³/mol. The first kappa shape index (κ1) is 11.4. The van der Waals surface area contributed by atoms with Gasteiger partial charge in [0.25, 0.3) is 0 Å². The van der Waals surface area contributed by atoms with Gasteiger partial charge in [0.15, 0.2) is 0 Å². The minimum absolute atomic E-state index is 0.222. The van der Waals surface area contributed by atoms with Gasteiger partial charge in [-0.3, -0.25) is 4.79 Å². The van der Waals surface area contributed by atoms with E-state index < -0.39 is 0 Å². The van der Waals surface area contributed by atoms with E-state index in [1.54, 1.807) is 0 Å². The topological polar surface area (TPSA) is 55.1 Å². The van der Waals surface area contributed by atoms with E-state index in [9.17, 15) is 4.79 Å². The fourth-order valence-corrected chi connectivity index (χ4v) is 1.10. The molecule has 0 heterocycles. The van der Waals surface area contributed by atoms with Crippen LogP contribution in [0.25, 0.3) is 0 Å². The standard InChI is InChI=1S/C9H20N2O/c1-3-4-5-6-11-8(2)7-9(10)12/h8,11H,3-7H2,1-2H3,(H2,10,12). The number of rotatable bonds is 7. The first-order chi connectivity index (χ1) is 5.66. The zero-order valence-electron chi connectivity index (χ0n) is 8.10. The Morgan fingerprint density at radius 1 is 1.50 bits per heavy atom. The molecule has 0 rings (SSSR count). The molecule has 0 saturated carbocycles. The van der Waals surface area contributed by atoms with Gasteiger partial charge in [0.05, 0.1) is 0 Å². The van der Waals surface area contributed by atoms with E-state index in [1.165, 1.54) is 19.3 Å². The monoisotopic (exact) mass is 172 g/mol. The third-order valence-electron chi connectivity index (χ3n) is 1.78. The summed E-state index contributed by atoms with van der Waals surface area (Å²) in [5.41, 5.74) is 5.04. The molecule has 0 saturated heterocycles. The van der Waals surface area contributed by atoms with Crippen molar-refractivity contribution in [2.45, 2.75) is 45.6 Å². The van der Waals surface area contributed by atoms with E-state index in [1.807, 2.05) is 6.92 Å². The number of carbonyl (C=O) groups excluding carboxylic acids is 1. The van der Waals surface area contributed by atoms with E-state index in [2.05, 4.69) is 12.2 Å². The van der Waals surface area contributed by atoms with Crippen LogP contribution in [0.5, 0.6) is 0 Å². The van der Waals surface area contributed by atoms with Crippen molar-refractivity contribution >= 4 is 5.91 Å². The molecule has 3 N–H and O–H groups in total. The van der Waals surface area contributed by atoms with Crippen LogP contribution in [0.15, 0.2) is 0 Å². The van der Waals surface area contributed by atoms with Crippen molar-refractivity contribution in [1.29, 1.82) is 0 Å². The van der Waals surface area contributed by atoms with Crippen LogP contribution >= 0.6 is 0 Å². The normalized spacial score (nSPS) is 12.8. The molecule has 0 aromatic rings. The molecule has 1 unspecified atom stereocenters. The summed E-state index contributed by atoms with van der Waals surface area (Å²) >= 11 is 0. The van der Waals surface area contributed by atoms with E-state index >= 15 is 0 Å². The fraction of sp³-hybridized carbons (Fsp3) is 0.889. The van der Waals surface area contributed by atoms with Gasteiger partial charge in [-0.15, -0.1) is 0 Å². The Bertz CT molecular complexity index is 126. The van der Waals surface area contributed by atoms with Crippen molar-refractivity contribution in [2.24, 2.45) is 5.73 Å². The predicted octanol–water partition coefficient (Wildman–Crippen LogP) is 1.03. The van der Waals surface area contributed by atoms with Crippen LogP contribution < -0.4 is 11.1 Å². The molecule has 3 heteroatoms. The Kier molecular flexibility index (Phi) is 6.76. The lowest BCUT2D eigenvalue weighted by atomic mass is 10.2. The van der Waals surface area contributed by atoms with Crippen LogP contribution in [0, 0.1) is 0 Å². The summed E-state index contributed by atoms with van der Waals surface area (Å²) in [6.07, 6.45) is 4.09. The number of unbranched alkanes of at least 4 members (excludes halogenated alkanes) is 2. The molecule has 72 valence electrons. The third-order valence-corrected chi connectivity index (χ3v) is 1.78. The minimum atomic E-state index is -0.231. The van der Waals surface area contributed by atoms with Gasteiger partial charge in [-0.2, -0.15) is 0 Å². The molecule has 0 radical (unpaired) electrons. The molecule has 0 spiro atoms. The summed E-state index contributed by atoms with van der Waals surface area (Å²) in [4.78, 5) is 10.5. The maximum absolute atomic E-state index is 10.5. The van der Waals surface area contributed by atoms with Gasteiger partial charge >= 0.3 is 0 Å². The average Bonchev–Trinajstić information content (AvgIpc) is 1.97. The third kappa shape index (κ3) is 7.54. The molecule has 1 amide bonds. The summed E-state index contributed by atoms with van der Waals surface area (Å²) in [6.45, 7) is 5.14. The van der Waals surface area contributed by atoms with Crippen LogP contribution in [0.4, 0.5) is 0 Å². The number of nitrogens with two attached hydrogens (primary N) is 1. The molecule has 0 aliphatic carbocycles. The highest BCUT2D eigenvalue weighted by molar-refractivity contribution is 5.74. The Morgan fingerprint density at radius 2 is 2.17 bits per heavy atom. The summed E-state index contributed by atoms with van der Waals surface area (Å²) in [7, 11) is 0. The Morgan fingerprint density at radius 3 is 2.67 bits per heavy atom. The van der Waals surface area contributed by atoms with Gasteiger partial charge in [0.1, 0.15) is 0 Å². The number of primary amides is 1. The van der Waals surface area contributed by atoms with E-state index in [-0.39, 0.29) is 11.9 Å². The maximum atomic E-state index is 10.5. The molecule has 3 nitrogen and oxygen atoms in total. The van der Waals surface area contributed by atoms with Gasteiger partial charge < -0.3 is 11.1 Å². The molecule has 0 aliphatic heterocycles. The molecule has 12 heavy (non-hydrogen) atoms. The molecule has 0 aromatic carbocycles. The molecule has 1 atom stereocenters. The van der Waals surface area contributed by atoms with Gasteiger partial charge in [-0.05, 0) is 19.9 Å². The Labute approximate surface area is 74.7 Å². The minimum Gasteiger partial charge on any atom is -0.370 e. The van der Waals surface area contributed by atoms with Crippen molar-refractivity contribution in [3.05, 3.63) is 0 Å². The van der Waals surface area contributed by atoms with Gasteiger partial charge in [-0.25, -0.2) is 0 Å². The summed E-state index contributed by atoms with van der Waals surface area (Å²) in [6, 6.07) is 0.222. The smallest absolute Gasteiger partial charge is 0.218 e. The lowest BCUT2D eigenvalue weighted by Gasteiger charge is -2.10. The Hall–Kier alpha value is -0.570. The second kappa shape index (κ2) is 7.10. The van der Waals surface area contributed by atoms with Crippen molar-refractivity contribution in [2.75, 3.05) is 6.54 Å². The highest BCUT2D eigenvalue weighted by atomic mass is 16.1. The molecule has 0 aliphatic rings. The number of nitrogens with one attached hydrogen (secondary N) is 1. The van der Waals surface area contributed by atoms with E-state index in [0.29, 0.717) is 6.42 Å². The molecule has 0 aromatic heterocycles. The number of amides is 1. The highest BCUT2D eigenvalue weighted by Gasteiger charge is 2.03.